The van der Waals surface area contributed by atoms with E-state index in [0.29, 0.717) is 0 Å². The van der Waals surface area contributed by atoms with Gasteiger partial charge in [-0.3, -0.25) is 0 Å². The summed E-state index contributed by atoms with van der Waals surface area (Å²) in [4.78, 5) is 0. The van der Waals surface area contributed by atoms with Gasteiger partial charge in [-0.2, -0.15) is 0 Å². The van der Waals surface area contributed by atoms with Crippen LogP contribution >= 0.6 is 0 Å². The summed E-state index contributed by atoms with van der Waals surface area (Å²) in [5.74, 6) is 0. The zero-order valence-electron chi connectivity index (χ0n) is 10.1. The fourth-order valence-corrected chi connectivity index (χ4v) is 2.34. The van der Waals surface area contributed by atoms with Crippen molar-refractivity contribution >= 4 is 0 Å². The molecule has 0 N–H and O–H groups in total. The van der Waals surface area contributed by atoms with Crippen molar-refractivity contribution in [3.05, 3.63) is 24.3 Å². The lowest BCUT2D eigenvalue weighted by Crippen LogP contribution is -1.88. The molecule has 0 amide bonds. The third-order valence-corrected chi connectivity index (χ3v) is 3.29. The number of rotatable bonds is 2. The normalized spacial score (nSPS) is 24.4. The van der Waals surface area contributed by atoms with Crippen LogP contribution in [0.15, 0.2) is 24.3 Å². The van der Waals surface area contributed by atoms with E-state index >= 15 is 0 Å². The minimum Gasteiger partial charge on any atom is -0.103 e. The van der Waals surface area contributed by atoms with Crippen LogP contribution in [0.2, 0.25) is 0 Å². The monoisotopic (exact) mass is 206 g/mol. The minimum atomic E-state index is 1.11. The molecule has 0 spiro atoms. The minimum absolute atomic E-state index is 1.11. The molecule has 0 radical (unpaired) electrons. The van der Waals surface area contributed by atoms with Crippen molar-refractivity contribution in [3.8, 4) is 0 Å². The van der Waals surface area contributed by atoms with E-state index in [4.69, 9.17) is 0 Å². The summed E-state index contributed by atoms with van der Waals surface area (Å²) in [6, 6.07) is 0. The molecule has 0 heterocycles. The topological polar surface area (TPSA) is 0 Å². The largest absolute Gasteiger partial charge is 0.103 e. The van der Waals surface area contributed by atoms with Crippen LogP contribution < -0.4 is 0 Å². The molecule has 0 aromatic carbocycles. The molecule has 0 fully saturated rings. The Morgan fingerprint density at radius 2 is 1.53 bits per heavy atom. The lowest BCUT2D eigenvalue weighted by atomic mass is 9.99. The summed E-state index contributed by atoms with van der Waals surface area (Å²) >= 11 is 0. The first-order valence-electron chi connectivity index (χ1n) is 6.72. The van der Waals surface area contributed by atoms with Crippen molar-refractivity contribution in [2.75, 3.05) is 0 Å². The number of hydrogen-bond acceptors (Lipinski definition) is 0. The molecule has 15 heavy (non-hydrogen) atoms. The molecule has 1 aliphatic carbocycles. The van der Waals surface area contributed by atoms with E-state index in [1.165, 1.54) is 64.2 Å². The molecule has 1 rings (SSSR count). The van der Waals surface area contributed by atoms with Crippen molar-refractivity contribution in [3.63, 3.8) is 0 Å². The number of hydrogen-bond donors (Lipinski definition) is 0. The molecule has 0 heteroatoms. The Morgan fingerprint density at radius 3 is 2.20 bits per heavy atom. The molecule has 0 aromatic heterocycles. The van der Waals surface area contributed by atoms with Crippen LogP contribution in [0.25, 0.3) is 0 Å². The summed E-state index contributed by atoms with van der Waals surface area (Å²) < 4.78 is 0. The lowest BCUT2D eigenvalue weighted by Gasteiger charge is -2.08. The average Bonchev–Trinajstić information content (AvgIpc) is 2.22. The quantitative estimate of drug-likeness (QED) is 0.530. The van der Waals surface area contributed by atoms with E-state index in [0.717, 1.165) is 6.42 Å². The van der Waals surface area contributed by atoms with E-state index in [9.17, 15) is 0 Å². The maximum Gasteiger partial charge on any atom is -0.0142 e. The van der Waals surface area contributed by atoms with Gasteiger partial charge in [-0.15, -0.1) is 6.58 Å². The molecule has 1 aliphatic rings. The van der Waals surface area contributed by atoms with Crippen LogP contribution in [0.3, 0.4) is 0 Å². The Hall–Kier alpha value is -0.520. The zero-order chi connectivity index (χ0) is 10.8. The van der Waals surface area contributed by atoms with Crippen LogP contribution in [-0.4, -0.2) is 0 Å². The highest BCUT2D eigenvalue weighted by Gasteiger charge is 1.98. The van der Waals surface area contributed by atoms with Gasteiger partial charge in [0.2, 0.25) is 0 Å². The highest BCUT2D eigenvalue weighted by molar-refractivity contribution is 5.06. The first-order valence-corrected chi connectivity index (χ1v) is 6.72. The van der Waals surface area contributed by atoms with E-state index in [1.54, 1.807) is 5.57 Å². The Balaban J connectivity index is 2.34. The smallest absolute Gasteiger partial charge is 0.0142 e. The van der Waals surface area contributed by atoms with Gasteiger partial charge in [0.1, 0.15) is 0 Å². The zero-order valence-corrected chi connectivity index (χ0v) is 10.1. The molecule has 0 saturated carbocycles. The van der Waals surface area contributed by atoms with Gasteiger partial charge in [0.25, 0.3) is 0 Å². The fraction of sp³-hybridized carbons (Fsp3) is 0.733. The molecule has 0 atom stereocenters. The lowest BCUT2D eigenvalue weighted by molar-refractivity contribution is 0.561. The maximum atomic E-state index is 3.84. The third-order valence-electron chi connectivity index (χ3n) is 3.29. The first-order chi connectivity index (χ1) is 7.43. The van der Waals surface area contributed by atoms with Crippen molar-refractivity contribution in [2.45, 2.75) is 70.6 Å². The highest BCUT2D eigenvalue weighted by Crippen LogP contribution is 2.18. The van der Waals surface area contributed by atoms with Gasteiger partial charge in [-0.25, -0.2) is 0 Å². The standard InChI is InChI=1S/C15H26/c1-2-12-15-13-10-8-6-4-3-5-7-9-11-14-15/h2,13H,1,3-12,14H2/b15-13+. The first kappa shape index (κ1) is 12.5. The second kappa shape index (κ2) is 8.76. The molecule has 0 aromatic rings. The van der Waals surface area contributed by atoms with E-state index in [-0.39, 0.29) is 0 Å². The van der Waals surface area contributed by atoms with Crippen LogP contribution in [-0.2, 0) is 0 Å². The van der Waals surface area contributed by atoms with Crippen molar-refractivity contribution < 1.29 is 0 Å². The summed E-state index contributed by atoms with van der Waals surface area (Å²) in [5.41, 5.74) is 1.63. The van der Waals surface area contributed by atoms with Gasteiger partial charge in [0, 0.05) is 0 Å². The van der Waals surface area contributed by atoms with Crippen LogP contribution in [0, 0.1) is 0 Å². The average molecular weight is 206 g/mol. The van der Waals surface area contributed by atoms with Gasteiger partial charge >= 0.3 is 0 Å². The summed E-state index contributed by atoms with van der Waals surface area (Å²) in [7, 11) is 0. The van der Waals surface area contributed by atoms with E-state index in [1.807, 2.05) is 0 Å². The molecule has 0 aliphatic heterocycles. The summed E-state index contributed by atoms with van der Waals surface area (Å²) in [5, 5.41) is 0. The molecular formula is C15H26. The van der Waals surface area contributed by atoms with Gasteiger partial charge in [0.15, 0.2) is 0 Å². The second-order valence-corrected chi connectivity index (χ2v) is 4.72. The maximum absolute atomic E-state index is 3.84. The molecule has 0 nitrogen and oxygen atoms in total. The van der Waals surface area contributed by atoms with Crippen LogP contribution in [0.1, 0.15) is 70.6 Å². The van der Waals surface area contributed by atoms with Gasteiger partial charge in [-0.05, 0) is 32.1 Å². The van der Waals surface area contributed by atoms with E-state index < -0.39 is 0 Å². The summed E-state index contributed by atoms with van der Waals surface area (Å²) in [6.45, 7) is 3.84. The van der Waals surface area contributed by atoms with Crippen LogP contribution in [0.5, 0.6) is 0 Å². The molecule has 0 saturated heterocycles. The molecule has 0 bridgehead atoms. The van der Waals surface area contributed by atoms with Gasteiger partial charge < -0.3 is 0 Å². The fourth-order valence-electron chi connectivity index (χ4n) is 2.34. The second-order valence-electron chi connectivity index (χ2n) is 4.72. The third kappa shape index (κ3) is 6.54. The Bertz CT molecular complexity index is 188. The van der Waals surface area contributed by atoms with Crippen molar-refractivity contribution in [2.24, 2.45) is 0 Å². The van der Waals surface area contributed by atoms with Gasteiger partial charge in [-0.1, -0.05) is 56.3 Å². The van der Waals surface area contributed by atoms with E-state index in [2.05, 4.69) is 18.7 Å². The molecular weight excluding hydrogens is 180 g/mol. The highest BCUT2D eigenvalue weighted by atomic mass is 14.0. The van der Waals surface area contributed by atoms with Gasteiger partial charge in [0.05, 0.1) is 0 Å². The van der Waals surface area contributed by atoms with Crippen molar-refractivity contribution in [1.82, 2.24) is 0 Å². The molecule has 0 unspecified atom stereocenters. The Kier molecular flexibility index (Phi) is 7.33. The molecule has 86 valence electrons. The van der Waals surface area contributed by atoms with Crippen LogP contribution in [0.4, 0.5) is 0 Å². The summed E-state index contributed by atoms with van der Waals surface area (Å²) in [6.07, 6.45) is 19.7. The number of allylic oxidation sites excluding steroid dienone is 3. The predicted octanol–water partition coefficient (Wildman–Crippen LogP) is 5.40. The van der Waals surface area contributed by atoms with Crippen molar-refractivity contribution in [1.29, 1.82) is 0 Å². The Morgan fingerprint density at radius 1 is 0.933 bits per heavy atom. The Labute approximate surface area is 95.5 Å². The SMILES string of the molecule is C=CC/C1=C\CCCCCCCCCC1. The predicted molar refractivity (Wildman–Crippen MR) is 69.1 cm³/mol.